The molecule has 0 spiro atoms. The quantitative estimate of drug-likeness (QED) is 0.763. The standard InChI is InChI=1S/C10H14N2O5/c1-5-6(7(13)11-10(2,3)4)8(17-12-5)16-9(14)15/h1-4H3,(H,11,13)(H,14,15). The zero-order chi connectivity index (χ0) is 13.2. The summed E-state index contributed by atoms with van der Waals surface area (Å²) in [6.45, 7) is 6.91. The number of carbonyl (C=O) groups is 2. The SMILES string of the molecule is Cc1noc(OC(=O)O)c1C(=O)NC(C)(C)C. The van der Waals surface area contributed by atoms with Crippen LogP contribution in [0.2, 0.25) is 0 Å². The summed E-state index contributed by atoms with van der Waals surface area (Å²) in [5, 5.41) is 14.6. The van der Waals surface area contributed by atoms with E-state index >= 15 is 0 Å². The molecule has 0 aliphatic carbocycles. The molecular weight excluding hydrogens is 228 g/mol. The number of carbonyl (C=O) groups excluding carboxylic acids is 1. The summed E-state index contributed by atoms with van der Waals surface area (Å²) >= 11 is 0. The van der Waals surface area contributed by atoms with Crippen molar-refractivity contribution in [3.63, 3.8) is 0 Å². The third-order valence-electron chi connectivity index (χ3n) is 1.73. The van der Waals surface area contributed by atoms with E-state index in [0.29, 0.717) is 0 Å². The molecule has 2 N–H and O–H groups in total. The van der Waals surface area contributed by atoms with Gasteiger partial charge in [0.1, 0.15) is 5.56 Å². The molecule has 1 aromatic heterocycles. The first kappa shape index (κ1) is 13.0. The van der Waals surface area contributed by atoms with Crippen molar-refractivity contribution in [2.75, 3.05) is 0 Å². The number of hydrogen-bond acceptors (Lipinski definition) is 5. The Balaban J connectivity index is 3.00. The Morgan fingerprint density at radius 3 is 2.47 bits per heavy atom. The fourth-order valence-corrected chi connectivity index (χ4v) is 1.16. The Morgan fingerprint density at radius 2 is 2.00 bits per heavy atom. The largest absolute Gasteiger partial charge is 0.513 e. The van der Waals surface area contributed by atoms with Crippen molar-refractivity contribution in [1.82, 2.24) is 10.5 Å². The van der Waals surface area contributed by atoms with Crippen LogP contribution in [0.25, 0.3) is 0 Å². The van der Waals surface area contributed by atoms with Crippen LogP contribution in [0, 0.1) is 6.92 Å². The van der Waals surface area contributed by atoms with Crippen LogP contribution in [0.4, 0.5) is 4.79 Å². The Morgan fingerprint density at radius 1 is 1.41 bits per heavy atom. The molecule has 1 rings (SSSR count). The van der Waals surface area contributed by atoms with E-state index in [4.69, 9.17) is 5.11 Å². The number of nitrogens with one attached hydrogen (secondary N) is 1. The monoisotopic (exact) mass is 242 g/mol. The Hall–Kier alpha value is -2.05. The van der Waals surface area contributed by atoms with Gasteiger partial charge in [-0.3, -0.25) is 4.79 Å². The molecule has 0 aromatic carbocycles. The zero-order valence-electron chi connectivity index (χ0n) is 10.0. The molecule has 0 fully saturated rings. The second kappa shape index (κ2) is 4.44. The highest BCUT2D eigenvalue weighted by molar-refractivity contribution is 5.98. The van der Waals surface area contributed by atoms with Gasteiger partial charge in [0.25, 0.3) is 5.91 Å². The van der Waals surface area contributed by atoms with E-state index in [2.05, 4.69) is 19.7 Å². The Labute approximate surface area is 97.7 Å². The molecule has 1 heterocycles. The van der Waals surface area contributed by atoms with Crippen LogP contribution in [-0.2, 0) is 0 Å². The topological polar surface area (TPSA) is 102 Å². The van der Waals surface area contributed by atoms with Gasteiger partial charge >= 0.3 is 12.1 Å². The molecule has 0 aliphatic rings. The summed E-state index contributed by atoms with van der Waals surface area (Å²) in [6, 6.07) is 0. The number of hydrogen-bond donors (Lipinski definition) is 2. The second-order valence-corrected chi connectivity index (χ2v) is 4.50. The summed E-state index contributed by atoms with van der Waals surface area (Å²) in [5.74, 6) is -0.913. The maximum absolute atomic E-state index is 11.9. The first-order valence-corrected chi connectivity index (χ1v) is 4.90. The first-order valence-electron chi connectivity index (χ1n) is 4.90. The number of amides is 1. The summed E-state index contributed by atoms with van der Waals surface area (Å²) in [7, 11) is 0. The summed E-state index contributed by atoms with van der Waals surface area (Å²) in [4.78, 5) is 22.3. The van der Waals surface area contributed by atoms with Gasteiger partial charge in [-0.05, 0) is 27.7 Å². The molecule has 1 aromatic rings. The van der Waals surface area contributed by atoms with E-state index in [-0.39, 0.29) is 11.3 Å². The van der Waals surface area contributed by atoms with Crippen molar-refractivity contribution < 1.29 is 24.0 Å². The normalized spacial score (nSPS) is 11.1. The number of carboxylic acid groups (broad SMARTS) is 1. The highest BCUT2D eigenvalue weighted by atomic mass is 16.7. The molecule has 7 nitrogen and oxygen atoms in total. The van der Waals surface area contributed by atoms with Crippen molar-refractivity contribution in [3.8, 4) is 5.95 Å². The van der Waals surface area contributed by atoms with Gasteiger partial charge in [-0.2, -0.15) is 0 Å². The predicted octanol–water partition coefficient (Wildman–Crippen LogP) is 1.57. The van der Waals surface area contributed by atoms with Crippen LogP contribution < -0.4 is 10.1 Å². The van der Waals surface area contributed by atoms with Gasteiger partial charge in [0.05, 0.1) is 5.69 Å². The van der Waals surface area contributed by atoms with Crippen LogP contribution >= 0.6 is 0 Å². The molecule has 0 bridgehead atoms. The summed E-state index contributed by atoms with van der Waals surface area (Å²) in [6.07, 6.45) is -1.56. The highest BCUT2D eigenvalue weighted by Gasteiger charge is 2.26. The van der Waals surface area contributed by atoms with Crippen molar-refractivity contribution >= 4 is 12.1 Å². The predicted molar refractivity (Wildman–Crippen MR) is 57.1 cm³/mol. The highest BCUT2D eigenvalue weighted by Crippen LogP contribution is 2.22. The van der Waals surface area contributed by atoms with Crippen molar-refractivity contribution in [2.45, 2.75) is 33.2 Å². The summed E-state index contributed by atoms with van der Waals surface area (Å²) < 4.78 is 8.96. The van der Waals surface area contributed by atoms with Crippen molar-refractivity contribution in [1.29, 1.82) is 0 Å². The van der Waals surface area contributed by atoms with Gasteiger partial charge in [0, 0.05) is 5.54 Å². The summed E-state index contributed by atoms with van der Waals surface area (Å²) in [5.41, 5.74) is -0.202. The molecule has 0 unspecified atom stereocenters. The van der Waals surface area contributed by atoms with Crippen LogP contribution in [0.1, 0.15) is 36.8 Å². The number of ether oxygens (including phenoxy) is 1. The number of aryl methyl sites for hydroxylation is 1. The van der Waals surface area contributed by atoms with Gasteiger partial charge in [-0.1, -0.05) is 5.16 Å². The molecule has 0 saturated carbocycles. The minimum Gasteiger partial charge on any atom is -0.449 e. The molecule has 94 valence electrons. The van der Waals surface area contributed by atoms with Crippen molar-refractivity contribution in [3.05, 3.63) is 11.3 Å². The lowest BCUT2D eigenvalue weighted by Gasteiger charge is -2.20. The third-order valence-corrected chi connectivity index (χ3v) is 1.73. The van der Waals surface area contributed by atoms with E-state index in [1.807, 2.05) is 0 Å². The van der Waals surface area contributed by atoms with Gasteiger partial charge < -0.3 is 19.7 Å². The lowest BCUT2D eigenvalue weighted by atomic mass is 10.1. The molecule has 0 atom stereocenters. The fourth-order valence-electron chi connectivity index (χ4n) is 1.16. The lowest BCUT2D eigenvalue weighted by molar-refractivity contribution is 0.0910. The molecular formula is C10H14N2O5. The van der Waals surface area contributed by atoms with E-state index < -0.39 is 23.5 Å². The number of nitrogens with zero attached hydrogens (tertiary/aromatic N) is 1. The number of rotatable bonds is 2. The lowest BCUT2D eigenvalue weighted by Crippen LogP contribution is -2.40. The van der Waals surface area contributed by atoms with Gasteiger partial charge in [0.2, 0.25) is 0 Å². The third kappa shape index (κ3) is 3.47. The Kier molecular flexibility index (Phi) is 3.40. The van der Waals surface area contributed by atoms with Crippen molar-refractivity contribution in [2.24, 2.45) is 0 Å². The molecule has 0 saturated heterocycles. The molecule has 17 heavy (non-hydrogen) atoms. The zero-order valence-corrected chi connectivity index (χ0v) is 10.0. The number of aromatic nitrogens is 1. The fraction of sp³-hybridized carbons (Fsp3) is 0.500. The first-order chi connectivity index (χ1) is 7.70. The average molecular weight is 242 g/mol. The van der Waals surface area contributed by atoms with E-state index in [9.17, 15) is 9.59 Å². The van der Waals surface area contributed by atoms with Crippen LogP contribution in [-0.4, -0.2) is 27.9 Å². The van der Waals surface area contributed by atoms with E-state index in [0.717, 1.165) is 0 Å². The smallest absolute Gasteiger partial charge is 0.449 e. The van der Waals surface area contributed by atoms with Gasteiger partial charge in [0.15, 0.2) is 0 Å². The maximum Gasteiger partial charge on any atom is 0.513 e. The van der Waals surface area contributed by atoms with E-state index in [1.54, 1.807) is 20.8 Å². The van der Waals surface area contributed by atoms with E-state index in [1.165, 1.54) is 6.92 Å². The Bertz CT molecular complexity index is 444. The minimum atomic E-state index is -1.56. The average Bonchev–Trinajstić information content (AvgIpc) is 2.42. The van der Waals surface area contributed by atoms with Gasteiger partial charge in [-0.15, -0.1) is 0 Å². The molecule has 1 amide bonds. The molecule has 0 aliphatic heterocycles. The van der Waals surface area contributed by atoms with Gasteiger partial charge in [-0.25, -0.2) is 4.79 Å². The van der Waals surface area contributed by atoms with Crippen LogP contribution in [0.3, 0.4) is 0 Å². The maximum atomic E-state index is 11.9. The van der Waals surface area contributed by atoms with Crippen LogP contribution in [0.15, 0.2) is 4.52 Å². The van der Waals surface area contributed by atoms with Crippen LogP contribution in [0.5, 0.6) is 5.95 Å². The second-order valence-electron chi connectivity index (χ2n) is 4.50. The minimum absolute atomic E-state index is 0.0117. The molecule has 0 radical (unpaired) electrons. The molecule has 7 heteroatoms.